The Kier molecular flexibility index (Phi) is 5.22. The number of benzene rings is 1. The van der Waals surface area contributed by atoms with Gasteiger partial charge in [0.1, 0.15) is 5.75 Å². The van der Waals surface area contributed by atoms with E-state index in [2.05, 4.69) is 33.9 Å². The minimum Gasteiger partial charge on any atom is -0.507 e. The number of aryl methyl sites for hydroxylation is 1. The van der Waals surface area contributed by atoms with Crippen LogP contribution in [-0.2, 0) is 4.43 Å². The molecule has 0 aliphatic heterocycles. The fraction of sp³-hybridized carbons (Fsp3) is 0.529. The van der Waals surface area contributed by atoms with Crippen molar-refractivity contribution in [3.8, 4) is 5.75 Å². The van der Waals surface area contributed by atoms with Crippen molar-refractivity contribution in [3.63, 3.8) is 0 Å². The van der Waals surface area contributed by atoms with Crippen LogP contribution in [0.4, 0.5) is 0 Å². The molecule has 0 radical (unpaired) electrons. The smallest absolute Gasteiger partial charge is 0.192 e. The van der Waals surface area contributed by atoms with Crippen LogP contribution in [0.25, 0.3) is 6.08 Å². The van der Waals surface area contributed by atoms with Crippen molar-refractivity contribution in [3.05, 3.63) is 34.9 Å². The summed E-state index contributed by atoms with van der Waals surface area (Å²) in [5, 5.41) is 10.3. The van der Waals surface area contributed by atoms with Gasteiger partial charge < -0.3 is 9.53 Å². The van der Waals surface area contributed by atoms with E-state index >= 15 is 0 Å². The minimum absolute atomic E-state index is 0.226. The van der Waals surface area contributed by atoms with Gasteiger partial charge in [0.05, 0.1) is 6.61 Å². The van der Waals surface area contributed by atoms with Gasteiger partial charge in [0.25, 0.3) is 0 Å². The molecule has 0 spiro atoms. The number of hydrogen-bond donors (Lipinski definition) is 1. The third-order valence-corrected chi connectivity index (χ3v) is 8.88. The van der Waals surface area contributed by atoms with Gasteiger partial charge in [0, 0.05) is 5.56 Å². The third-order valence-electron chi connectivity index (χ3n) is 4.38. The van der Waals surface area contributed by atoms with Crippen molar-refractivity contribution in [2.75, 3.05) is 6.61 Å². The Bertz CT molecular complexity index is 496. The first-order valence-corrected chi connectivity index (χ1v) is 10.1. The van der Waals surface area contributed by atoms with E-state index in [1.807, 2.05) is 38.1 Å². The summed E-state index contributed by atoms with van der Waals surface area (Å²) in [5.41, 5.74) is 2.90. The lowest BCUT2D eigenvalue weighted by atomic mass is 10.0. The van der Waals surface area contributed by atoms with Crippen LogP contribution in [0.3, 0.4) is 0 Å². The van der Waals surface area contributed by atoms with E-state index in [1.165, 1.54) is 0 Å². The maximum Gasteiger partial charge on any atom is 0.192 e. The second-order valence-corrected chi connectivity index (χ2v) is 11.7. The molecule has 0 aliphatic rings. The number of phenols is 1. The van der Waals surface area contributed by atoms with Crippen LogP contribution in [0.1, 0.15) is 37.5 Å². The zero-order valence-electron chi connectivity index (χ0n) is 13.9. The molecule has 20 heavy (non-hydrogen) atoms. The van der Waals surface area contributed by atoms with Gasteiger partial charge in [0.2, 0.25) is 0 Å². The standard InChI is InChI=1S/C17H28O2Si/c1-13-10-11-15(16(18)14(13)2)9-8-12-19-20(6,7)17(3,4)5/h8-11,18H,12H2,1-7H3/b9-8-. The van der Waals surface area contributed by atoms with E-state index in [0.717, 1.165) is 16.7 Å². The van der Waals surface area contributed by atoms with E-state index in [-0.39, 0.29) is 5.04 Å². The molecule has 0 heterocycles. The molecular formula is C17H28O2Si. The van der Waals surface area contributed by atoms with Gasteiger partial charge in [-0.3, -0.25) is 0 Å². The Morgan fingerprint density at radius 3 is 2.35 bits per heavy atom. The molecule has 2 nitrogen and oxygen atoms in total. The fourth-order valence-corrected chi connectivity index (χ4v) is 2.55. The fourth-order valence-electron chi connectivity index (χ4n) is 1.60. The Morgan fingerprint density at radius 2 is 1.80 bits per heavy atom. The highest BCUT2D eigenvalue weighted by Crippen LogP contribution is 2.36. The summed E-state index contributed by atoms with van der Waals surface area (Å²) in [5.74, 6) is 0.369. The summed E-state index contributed by atoms with van der Waals surface area (Å²) in [7, 11) is -1.69. The van der Waals surface area contributed by atoms with Crippen molar-refractivity contribution in [1.29, 1.82) is 0 Å². The molecule has 0 saturated heterocycles. The first-order valence-electron chi connectivity index (χ1n) is 7.16. The first kappa shape index (κ1) is 17.0. The van der Waals surface area contributed by atoms with Crippen LogP contribution in [0.2, 0.25) is 18.1 Å². The lowest BCUT2D eigenvalue weighted by Gasteiger charge is -2.35. The lowest BCUT2D eigenvalue weighted by Crippen LogP contribution is -2.40. The molecule has 0 unspecified atom stereocenters. The molecule has 1 aromatic carbocycles. The lowest BCUT2D eigenvalue weighted by molar-refractivity contribution is 0.328. The van der Waals surface area contributed by atoms with Crippen LogP contribution in [-0.4, -0.2) is 20.0 Å². The molecule has 1 N–H and O–H groups in total. The highest BCUT2D eigenvalue weighted by molar-refractivity contribution is 6.74. The first-order chi connectivity index (χ1) is 9.06. The second-order valence-electron chi connectivity index (χ2n) is 6.92. The Hall–Kier alpha value is -1.06. The van der Waals surface area contributed by atoms with Crippen molar-refractivity contribution in [2.45, 2.75) is 52.8 Å². The average Bonchev–Trinajstić information content (AvgIpc) is 2.32. The van der Waals surface area contributed by atoms with E-state index in [0.29, 0.717) is 12.4 Å². The van der Waals surface area contributed by atoms with Crippen LogP contribution in [0.5, 0.6) is 5.75 Å². The summed E-state index contributed by atoms with van der Waals surface area (Å²) < 4.78 is 6.08. The van der Waals surface area contributed by atoms with Crippen LogP contribution in [0.15, 0.2) is 18.2 Å². The molecule has 0 amide bonds. The van der Waals surface area contributed by atoms with E-state index in [1.54, 1.807) is 0 Å². The summed E-state index contributed by atoms with van der Waals surface area (Å²) >= 11 is 0. The van der Waals surface area contributed by atoms with E-state index in [9.17, 15) is 5.11 Å². The topological polar surface area (TPSA) is 29.5 Å². The maximum atomic E-state index is 10.1. The van der Waals surface area contributed by atoms with Gasteiger partial charge in [-0.15, -0.1) is 0 Å². The number of rotatable bonds is 4. The molecule has 0 fully saturated rings. The zero-order chi connectivity index (χ0) is 15.6. The predicted molar refractivity (Wildman–Crippen MR) is 89.8 cm³/mol. The van der Waals surface area contributed by atoms with Gasteiger partial charge >= 0.3 is 0 Å². The second kappa shape index (κ2) is 6.14. The third kappa shape index (κ3) is 3.97. The zero-order valence-corrected chi connectivity index (χ0v) is 14.9. The largest absolute Gasteiger partial charge is 0.507 e. The van der Waals surface area contributed by atoms with Crippen molar-refractivity contribution in [1.82, 2.24) is 0 Å². The molecule has 3 heteroatoms. The normalized spacial score (nSPS) is 13.2. The Morgan fingerprint density at radius 1 is 1.20 bits per heavy atom. The van der Waals surface area contributed by atoms with E-state index < -0.39 is 8.32 Å². The van der Waals surface area contributed by atoms with Gasteiger partial charge in [-0.1, -0.05) is 45.1 Å². The molecule has 1 aromatic rings. The molecule has 0 bridgehead atoms. The van der Waals surface area contributed by atoms with Gasteiger partial charge in [-0.2, -0.15) is 0 Å². The Balaban J connectivity index is 2.70. The highest BCUT2D eigenvalue weighted by atomic mass is 28.4. The summed E-state index contributed by atoms with van der Waals surface area (Å²) in [6, 6.07) is 3.98. The van der Waals surface area contributed by atoms with Gasteiger partial charge in [-0.25, -0.2) is 0 Å². The molecule has 0 saturated carbocycles. The highest BCUT2D eigenvalue weighted by Gasteiger charge is 2.36. The van der Waals surface area contributed by atoms with Gasteiger partial charge in [-0.05, 0) is 43.1 Å². The number of hydrogen-bond acceptors (Lipinski definition) is 2. The minimum atomic E-state index is -1.69. The average molecular weight is 292 g/mol. The monoisotopic (exact) mass is 292 g/mol. The molecule has 0 aliphatic carbocycles. The molecule has 112 valence electrons. The predicted octanol–water partition coefficient (Wildman–Crippen LogP) is 5.04. The number of phenolic OH excluding ortho intramolecular Hbond substituents is 1. The maximum absolute atomic E-state index is 10.1. The summed E-state index contributed by atoms with van der Waals surface area (Å²) in [6.07, 6.45) is 3.93. The van der Waals surface area contributed by atoms with Gasteiger partial charge in [0.15, 0.2) is 8.32 Å². The molecule has 0 aromatic heterocycles. The Labute approximate surface area is 124 Å². The number of aromatic hydroxyl groups is 1. The van der Waals surface area contributed by atoms with Crippen molar-refractivity contribution < 1.29 is 9.53 Å². The quantitative estimate of drug-likeness (QED) is 0.787. The summed E-state index contributed by atoms with van der Waals surface area (Å²) in [6.45, 7) is 15.7. The van der Waals surface area contributed by atoms with E-state index in [4.69, 9.17) is 4.43 Å². The van der Waals surface area contributed by atoms with Crippen molar-refractivity contribution in [2.24, 2.45) is 0 Å². The molecule has 1 rings (SSSR count). The molecule has 0 atom stereocenters. The van der Waals surface area contributed by atoms with Crippen LogP contribution >= 0.6 is 0 Å². The van der Waals surface area contributed by atoms with Crippen LogP contribution in [0, 0.1) is 13.8 Å². The summed E-state index contributed by atoms with van der Waals surface area (Å²) in [4.78, 5) is 0. The SMILES string of the molecule is Cc1ccc(/C=C\CO[Si](C)(C)C(C)(C)C)c(O)c1C. The van der Waals surface area contributed by atoms with Crippen molar-refractivity contribution >= 4 is 14.4 Å². The molecular weight excluding hydrogens is 264 g/mol. The van der Waals surface area contributed by atoms with Crippen LogP contribution < -0.4 is 0 Å².